The molecule has 0 aromatic heterocycles. The van der Waals surface area contributed by atoms with Gasteiger partial charge in [-0.15, -0.1) is 0 Å². The predicted molar refractivity (Wildman–Crippen MR) is 69.3 cm³/mol. The standard InChI is InChI=1S/C14H18N2O/c1-9-6-7-16-11-5-3-4-10(2)13(11)15-14(17)12(16)8-9/h3-5,9,12H,6-8H2,1-2H3,(H,15,17). The summed E-state index contributed by atoms with van der Waals surface area (Å²) in [7, 11) is 0. The molecule has 1 aromatic carbocycles. The van der Waals surface area contributed by atoms with Gasteiger partial charge in [0.1, 0.15) is 6.04 Å². The first kappa shape index (κ1) is 10.6. The lowest BCUT2D eigenvalue weighted by Crippen LogP contribution is -2.52. The van der Waals surface area contributed by atoms with Crippen LogP contribution in [0.15, 0.2) is 18.2 Å². The van der Waals surface area contributed by atoms with Crippen LogP contribution in [0, 0.1) is 12.8 Å². The van der Waals surface area contributed by atoms with Gasteiger partial charge < -0.3 is 10.2 Å². The summed E-state index contributed by atoms with van der Waals surface area (Å²) in [6, 6.07) is 6.27. The molecule has 2 unspecified atom stereocenters. The van der Waals surface area contributed by atoms with Crippen molar-refractivity contribution in [2.24, 2.45) is 5.92 Å². The highest BCUT2D eigenvalue weighted by Gasteiger charge is 2.36. The number of anilines is 2. The zero-order valence-corrected chi connectivity index (χ0v) is 10.4. The zero-order chi connectivity index (χ0) is 12.0. The number of para-hydroxylation sites is 1. The molecule has 1 aromatic rings. The van der Waals surface area contributed by atoms with Gasteiger partial charge in [-0.25, -0.2) is 0 Å². The lowest BCUT2D eigenvalue weighted by atomic mass is 9.89. The number of rotatable bonds is 0. The summed E-state index contributed by atoms with van der Waals surface area (Å²) >= 11 is 0. The maximum atomic E-state index is 12.1. The van der Waals surface area contributed by atoms with Gasteiger partial charge in [-0.05, 0) is 37.3 Å². The fourth-order valence-electron chi connectivity index (χ4n) is 2.94. The molecule has 1 fully saturated rings. The van der Waals surface area contributed by atoms with Gasteiger partial charge >= 0.3 is 0 Å². The summed E-state index contributed by atoms with van der Waals surface area (Å²) in [5.74, 6) is 0.812. The number of hydrogen-bond acceptors (Lipinski definition) is 2. The normalized spacial score (nSPS) is 27.2. The first-order chi connectivity index (χ1) is 8.16. The molecule has 3 rings (SSSR count). The molecule has 17 heavy (non-hydrogen) atoms. The van der Waals surface area contributed by atoms with Gasteiger partial charge in [0, 0.05) is 6.54 Å². The van der Waals surface area contributed by atoms with Crippen LogP contribution in [-0.4, -0.2) is 18.5 Å². The number of carbonyl (C=O) groups is 1. The summed E-state index contributed by atoms with van der Waals surface area (Å²) in [5.41, 5.74) is 3.35. The number of nitrogens with zero attached hydrogens (tertiary/aromatic N) is 1. The van der Waals surface area contributed by atoms with E-state index in [1.54, 1.807) is 0 Å². The minimum atomic E-state index is 0.0352. The Morgan fingerprint density at radius 1 is 1.41 bits per heavy atom. The van der Waals surface area contributed by atoms with Crippen molar-refractivity contribution < 1.29 is 4.79 Å². The number of aryl methyl sites for hydroxylation is 1. The Kier molecular flexibility index (Phi) is 2.35. The second-order valence-electron chi connectivity index (χ2n) is 5.30. The second-order valence-corrected chi connectivity index (χ2v) is 5.30. The number of amides is 1. The van der Waals surface area contributed by atoms with Crippen molar-refractivity contribution in [1.29, 1.82) is 0 Å². The van der Waals surface area contributed by atoms with E-state index < -0.39 is 0 Å². The summed E-state index contributed by atoms with van der Waals surface area (Å²) in [5, 5.41) is 3.07. The number of nitrogens with one attached hydrogen (secondary N) is 1. The Morgan fingerprint density at radius 2 is 2.24 bits per heavy atom. The van der Waals surface area contributed by atoms with Crippen LogP contribution in [0.25, 0.3) is 0 Å². The molecule has 3 heteroatoms. The minimum absolute atomic E-state index is 0.0352. The molecule has 3 nitrogen and oxygen atoms in total. The summed E-state index contributed by atoms with van der Waals surface area (Å²) in [4.78, 5) is 14.4. The number of benzene rings is 1. The molecule has 2 aliphatic rings. The zero-order valence-electron chi connectivity index (χ0n) is 10.4. The van der Waals surface area contributed by atoms with Crippen LogP contribution in [0.3, 0.4) is 0 Å². The third-order valence-corrected chi connectivity index (χ3v) is 3.98. The van der Waals surface area contributed by atoms with Crippen molar-refractivity contribution in [2.75, 3.05) is 16.8 Å². The maximum absolute atomic E-state index is 12.1. The topological polar surface area (TPSA) is 32.3 Å². The van der Waals surface area contributed by atoms with Gasteiger partial charge in [-0.1, -0.05) is 19.1 Å². The predicted octanol–water partition coefficient (Wildman–Crippen LogP) is 2.55. The Morgan fingerprint density at radius 3 is 3.06 bits per heavy atom. The van der Waals surface area contributed by atoms with Gasteiger partial charge in [0.05, 0.1) is 11.4 Å². The van der Waals surface area contributed by atoms with E-state index in [1.165, 1.54) is 12.1 Å². The number of fused-ring (bicyclic) bond motifs is 3. The first-order valence-corrected chi connectivity index (χ1v) is 6.34. The van der Waals surface area contributed by atoms with Crippen LogP contribution in [0.4, 0.5) is 11.4 Å². The first-order valence-electron chi connectivity index (χ1n) is 6.34. The average Bonchev–Trinajstić information content (AvgIpc) is 2.31. The molecule has 1 saturated heterocycles. The number of hydrogen-bond donors (Lipinski definition) is 1. The summed E-state index contributed by atoms with van der Waals surface area (Å²) < 4.78 is 0. The molecule has 2 aliphatic heterocycles. The van der Waals surface area contributed by atoms with Gasteiger partial charge in [0.2, 0.25) is 5.91 Å². The van der Waals surface area contributed by atoms with Gasteiger partial charge in [0.25, 0.3) is 0 Å². The Hall–Kier alpha value is -1.51. The van der Waals surface area contributed by atoms with E-state index >= 15 is 0 Å². The van der Waals surface area contributed by atoms with Gasteiger partial charge in [-0.3, -0.25) is 4.79 Å². The number of piperidine rings is 1. The molecule has 0 spiro atoms. The summed E-state index contributed by atoms with van der Waals surface area (Å²) in [6.45, 7) is 5.28. The lowest BCUT2D eigenvalue weighted by Gasteiger charge is -2.43. The largest absolute Gasteiger partial charge is 0.358 e. The highest BCUT2D eigenvalue weighted by atomic mass is 16.2. The van der Waals surface area contributed by atoms with Crippen LogP contribution in [-0.2, 0) is 4.79 Å². The Labute approximate surface area is 102 Å². The van der Waals surface area contributed by atoms with Crippen LogP contribution >= 0.6 is 0 Å². The van der Waals surface area contributed by atoms with E-state index in [9.17, 15) is 4.79 Å². The molecule has 1 amide bonds. The molecule has 0 bridgehead atoms. The van der Waals surface area contributed by atoms with Crippen LogP contribution in [0.1, 0.15) is 25.3 Å². The Bertz CT molecular complexity index is 469. The maximum Gasteiger partial charge on any atom is 0.247 e. The molecule has 1 N–H and O–H groups in total. The molecule has 0 saturated carbocycles. The van der Waals surface area contributed by atoms with Crippen molar-refractivity contribution in [2.45, 2.75) is 32.7 Å². The van der Waals surface area contributed by atoms with Crippen molar-refractivity contribution in [3.05, 3.63) is 23.8 Å². The molecular weight excluding hydrogens is 212 g/mol. The van der Waals surface area contributed by atoms with E-state index in [4.69, 9.17) is 0 Å². The van der Waals surface area contributed by atoms with Gasteiger partial charge in [0.15, 0.2) is 0 Å². The third-order valence-electron chi connectivity index (χ3n) is 3.98. The molecule has 2 heterocycles. The van der Waals surface area contributed by atoms with Crippen LogP contribution < -0.4 is 10.2 Å². The van der Waals surface area contributed by atoms with Crippen molar-refractivity contribution >= 4 is 17.3 Å². The second kappa shape index (κ2) is 3.76. The molecule has 0 radical (unpaired) electrons. The molecule has 0 aliphatic carbocycles. The average molecular weight is 230 g/mol. The van der Waals surface area contributed by atoms with E-state index in [2.05, 4.69) is 29.3 Å². The quantitative estimate of drug-likeness (QED) is 0.743. The SMILES string of the molecule is Cc1cccc2c1NC(=O)C1CC(C)CCN21. The van der Waals surface area contributed by atoms with Crippen molar-refractivity contribution in [3.8, 4) is 0 Å². The van der Waals surface area contributed by atoms with E-state index in [1.807, 2.05) is 13.0 Å². The minimum Gasteiger partial charge on any atom is -0.358 e. The third kappa shape index (κ3) is 1.61. The highest BCUT2D eigenvalue weighted by Crippen LogP contribution is 2.38. The fraction of sp³-hybridized carbons (Fsp3) is 0.500. The van der Waals surface area contributed by atoms with E-state index in [0.29, 0.717) is 5.92 Å². The lowest BCUT2D eigenvalue weighted by molar-refractivity contribution is -0.118. The monoisotopic (exact) mass is 230 g/mol. The number of carbonyl (C=O) groups excluding carboxylic acids is 1. The molecule has 90 valence electrons. The Balaban J connectivity index is 2.05. The highest BCUT2D eigenvalue weighted by molar-refractivity contribution is 6.04. The smallest absolute Gasteiger partial charge is 0.247 e. The van der Waals surface area contributed by atoms with Gasteiger partial charge in [-0.2, -0.15) is 0 Å². The fourth-order valence-corrected chi connectivity index (χ4v) is 2.94. The van der Waals surface area contributed by atoms with Crippen LogP contribution in [0.5, 0.6) is 0 Å². The van der Waals surface area contributed by atoms with Crippen molar-refractivity contribution in [1.82, 2.24) is 0 Å². The van der Waals surface area contributed by atoms with Crippen molar-refractivity contribution in [3.63, 3.8) is 0 Å². The molecule has 2 atom stereocenters. The molecular formula is C14H18N2O. The summed E-state index contributed by atoms with van der Waals surface area (Å²) in [6.07, 6.45) is 2.15. The van der Waals surface area contributed by atoms with E-state index in [0.717, 1.165) is 24.2 Å². The van der Waals surface area contributed by atoms with E-state index in [-0.39, 0.29) is 11.9 Å². The van der Waals surface area contributed by atoms with Crippen LogP contribution in [0.2, 0.25) is 0 Å².